The Bertz CT molecular complexity index is 305. The quantitative estimate of drug-likeness (QED) is 0.757. The van der Waals surface area contributed by atoms with E-state index in [1.807, 2.05) is 19.1 Å². The van der Waals surface area contributed by atoms with Crippen LogP contribution in [0.4, 0.5) is 4.39 Å². The number of aliphatic hydroxyl groups excluding tert-OH is 1. The van der Waals surface area contributed by atoms with E-state index in [0.29, 0.717) is 6.42 Å². The van der Waals surface area contributed by atoms with E-state index in [1.165, 1.54) is 12.1 Å². The molecule has 0 fully saturated rings. The summed E-state index contributed by atoms with van der Waals surface area (Å²) in [5.41, 5.74) is 1.91. The molecule has 0 unspecified atom stereocenters. The molecule has 0 radical (unpaired) electrons. The zero-order valence-electron chi connectivity index (χ0n) is 7.63. The molecule has 1 N–H and O–H groups in total. The summed E-state index contributed by atoms with van der Waals surface area (Å²) in [6.07, 6.45) is 4.40. The molecule has 13 heavy (non-hydrogen) atoms. The smallest absolute Gasteiger partial charge is 0.123 e. The number of aliphatic hydroxyl groups is 1. The molecule has 2 heteroatoms. The first-order valence-electron chi connectivity index (χ1n) is 4.27. The Morgan fingerprint density at radius 1 is 1.46 bits per heavy atom. The van der Waals surface area contributed by atoms with Crippen molar-refractivity contribution in [2.45, 2.75) is 13.3 Å². The Labute approximate surface area is 77.5 Å². The van der Waals surface area contributed by atoms with Crippen LogP contribution in [0, 0.1) is 12.7 Å². The number of aryl methyl sites for hydroxylation is 1. The van der Waals surface area contributed by atoms with Crippen LogP contribution in [0.3, 0.4) is 0 Å². The highest BCUT2D eigenvalue weighted by atomic mass is 19.1. The Morgan fingerprint density at radius 3 is 2.85 bits per heavy atom. The largest absolute Gasteiger partial charge is 0.396 e. The van der Waals surface area contributed by atoms with Crippen LogP contribution in [0.2, 0.25) is 0 Å². The fraction of sp³-hybridized carbons (Fsp3) is 0.273. The van der Waals surface area contributed by atoms with E-state index in [4.69, 9.17) is 5.11 Å². The molecular formula is C11H13FO. The standard InChI is InChI=1S/C11H13FO/c1-9-8-11(12)6-5-10(9)4-2-3-7-13/h2,4-6,8,13H,3,7H2,1H3. The van der Waals surface area contributed by atoms with E-state index < -0.39 is 0 Å². The van der Waals surface area contributed by atoms with E-state index in [2.05, 4.69) is 0 Å². The Hall–Kier alpha value is -1.15. The van der Waals surface area contributed by atoms with Crippen molar-refractivity contribution in [1.29, 1.82) is 0 Å². The Balaban J connectivity index is 2.77. The van der Waals surface area contributed by atoms with Gasteiger partial charge in [0.25, 0.3) is 0 Å². The molecular weight excluding hydrogens is 167 g/mol. The van der Waals surface area contributed by atoms with Gasteiger partial charge in [-0.05, 0) is 36.6 Å². The highest BCUT2D eigenvalue weighted by molar-refractivity contribution is 5.53. The summed E-state index contributed by atoms with van der Waals surface area (Å²) in [7, 11) is 0. The Kier molecular flexibility index (Phi) is 3.65. The molecule has 1 aromatic rings. The van der Waals surface area contributed by atoms with E-state index in [0.717, 1.165) is 11.1 Å². The molecule has 0 heterocycles. The molecule has 1 aromatic carbocycles. The fourth-order valence-corrected chi connectivity index (χ4v) is 1.11. The van der Waals surface area contributed by atoms with Crippen molar-refractivity contribution in [3.8, 4) is 0 Å². The zero-order chi connectivity index (χ0) is 9.68. The molecule has 0 spiro atoms. The lowest BCUT2D eigenvalue weighted by Crippen LogP contribution is -1.83. The van der Waals surface area contributed by atoms with Crippen LogP contribution in [0.15, 0.2) is 24.3 Å². The fourth-order valence-electron chi connectivity index (χ4n) is 1.11. The van der Waals surface area contributed by atoms with Gasteiger partial charge in [-0.1, -0.05) is 18.2 Å². The lowest BCUT2D eigenvalue weighted by Gasteiger charge is -1.99. The summed E-state index contributed by atoms with van der Waals surface area (Å²) in [5.74, 6) is -0.211. The summed E-state index contributed by atoms with van der Waals surface area (Å²) >= 11 is 0. The molecule has 0 saturated heterocycles. The summed E-state index contributed by atoms with van der Waals surface area (Å²) < 4.78 is 12.7. The van der Waals surface area contributed by atoms with E-state index in [1.54, 1.807) is 6.07 Å². The average Bonchev–Trinajstić information content (AvgIpc) is 2.09. The molecule has 0 aliphatic rings. The minimum Gasteiger partial charge on any atom is -0.396 e. The maximum Gasteiger partial charge on any atom is 0.123 e. The summed E-state index contributed by atoms with van der Waals surface area (Å²) in [4.78, 5) is 0. The van der Waals surface area contributed by atoms with Gasteiger partial charge < -0.3 is 5.11 Å². The predicted molar refractivity (Wildman–Crippen MR) is 51.9 cm³/mol. The van der Waals surface area contributed by atoms with Crippen LogP contribution in [0.25, 0.3) is 6.08 Å². The highest BCUT2D eigenvalue weighted by Gasteiger charge is 1.95. The summed E-state index contributed by atoms with van der Waals surface area (Å²) in [6.45, 7) is 2.01. The third-order valence-corrected chi connectivity index (χ3v) is 1.83. The predicted octanol–water partition coefficient (Wildman–Crippen LogP) is 2.53. The minimum atomic E-state index is -0.211. The van der Waals surface area contributed by atoms with Crippen LogP contribution in [-0.4, -0.2) is 11.7 Å². The van der Waals surface area contributed by atoms with Gasteiger partial charge in [-0.25, -0.2) is 4.39 Å². The SMILES string of the molecule is Cc1cc(F)ccc1C=CCCO. The highest BCUT2D eigenvalue weighted by Crippen LogP contribution is 2.11. The summed E-state index contributed by atoms with van der Waals surface area (Å²) in [6, 6.07) is 4.67. The third-order valence-electron chi connectivity index (χ3n) is 1.83. The second-order valence-electron chi connectivity index (χ2n) is 2.92. The van der Waals surface area contributed by atoms with Gasteiger partial charge in [0, 0.05) is 6.61 Å². The van der Waals surface area contributed by atoms with Gasteiger partial charge in [0.1, 0.15) is 5.82 Å². The third kappa shape index (κ3) is 2.99. The molecule has 0 amide bonds. The van der Waals surface area contributed by atoms with Crippen molar-refractivity contribution in [3.05, 3.63) is 41.2 Å². The molecule has 70 valence electrons. The van der Waals surface area contributed by atoms with Gasteiger partial charge in [0.2, 0.25) is 0 Å². The first-order chi connectivity index (χ1) is 6.24. The second kappa shape index (κ2) is 4.77. The van der Waals surface area contributed by atoms with E-state index in [-0.39, 0.29) is 12.4 Å². The van der Waals surface area contributed by atoms with E-state index in [9.17, 15) is 4.39 Å². The van der Waals surface area contributed by atoms with Crippen LogP contribution < -0.4 is 0 Å². The minimum absolute atomic E-state index is 0.150. The maximum absolute atomic E-state index is 12.7. The van der Waals surface area contributed by atoms with Crippen LogP contribution in [0.1, 0.15) is 17.5 Å². The van der Waals surface area contributed by atoms with Crippen LogP contribution in [0.5, 0.6) is 0 Å². The topological polar surface area (TPSA) is 20.2 Å². The lowest BCUT2D eigenvalue weighted by molar-refractivity contribution is 0.303. The molecule has 1 nitrogen and oxygen atoms in total. The monoisotopic (exact) mass is 180 g/mol. The summed E-state index contributed by atoms with van der Waals surface area (Å²) in [5, 5.41) is 8.55. The van der Waals surface area contributed by atoms with Crippen molar-refractivity contribution >= 4 is 6.08 Å². The second-order valence-corrected chi connectivity index (χ2v) is 2.92. The van der Waals surface area contributed by atoms with Crippen molar-refractivity contribution < 1.29 is 9.50 Å². The molecule has 0 aliphatic carbocycles. The first kappa shape index (κ1) is 9.93. The molecule has 0 aromatic heterocycles. The normalized spacial score (nSPS) is 11.0. The molecule has 0 atom stereocenters. The van der Waals surface area contributed by atoms with Gasteiger partial charge in [0.05, 0.1) is 0 Å². The number of hydrogen-bond acceptors (Lipinski definition) is 1. The number of hydrogen-bond donors (Lipinski definition) is 1. The molecule has 0 bridgehead atoms. The van der Waals surface area contributed by atoms with Crippen molar-refractivity contribution in [1.82, 2.24) is 0 Å². The average molecular weight is 180 g/mol. The number of halogens is 1. The lowest BCUT2D eigenvalue weighted by atomic mass is 10.1. The molecule has 0 saturated carbocycles. The van der Waals surface area contributed by atoms with Gasteiger partial charge in [-0.3, -0.25) is 0 Å². The van der Waals surface area contributed by atoms with E-state index >= 15 is 0 Å². The first-order valence-corrected chi connectivity index (χ1v) is 4.27. The van der Waals surface area contributed by atoms with Crippen LogP contribution in [-0.2, 0) is 0 Å². The Morgan fingerprint density at radius 2 is 2.23 bits per heavy atom. The van der Waals surface area contributed by atoms with Gasteiger partial charge in [-0.15, -0.1) is 0 Å². The van der Waals surface area contributed by atoms with Crippen molar-refractivity contribution in [2.75, 3.05) is 6.61 Å². The molecule has 0 aliphatic heterocycles. The van der Waals surface area contributed by atoms with Crippen molar-refractivity contribution in [3.63, 3.8) is 0 Å². The number of rotatable bonds is 3. The maximum atomic E-state index is 12.7. The number of benzene rings is 1. The molecule has 1 rings (SSSR count). The van der Waals surface area contributed by atoms with Gasteiger partial charge >= 0.3 is 0 Å². The van der Waals surface area contributed by atoms with Crippen molar-refractivity contribution in [2.24, 2.45) is 0 Å². The zero-order valence-corrected chi connectivity index (χ0v) is 7.63. The van der Waals surface area contributed by atoms with Crippen LogP contribution >= 0.6 is 0 Å². The van der Waals surface area contributed by atoms with Gasteiger partial charge in [-0.2, -0.15) is 0 Å². The van der Waals surface area contributed by atoms with Gasteiger partial charge in [0.15, 0.2) is 0 Å².